The van der Waals surface area contributed by atoms with Crippen LogP contribution in [0.15, 0.2) is 35.5 Å². The summed E-state index contributed by atoms with van der Waals surface area (Å²) >= 11 is 12.3. The number of nitrogens with one attached hydrogen (secondary N) is 2. The lowest BCUT2D eigenvalue weighted by atomic mass is 10.1. The number of benzene rings is 1. The van der Waals surface area contributed by atoms with Crippen molar-refractivity contribution >= 4 is 49.8 Å². The third kappa shape index (κ3) is 4.59. The van der Waals surface area contributed by atoms with E-state index in [2.05, 4.69) is 21.7 Å². The molecular formula is C18H22Cl2N4O2S. The number of rotatable bonds is 9. The van der Waals surface area contributed by atoms with Gasteiger partial charge in [-0.25, -0.2) is 8.42 Å². The Hall–Kier alpha value is -1.70. The molecule has 0 aliphatic heterocycles. The molecule has 0 aliphatic carbocycles. The summed E-state index contributed by atoms with van der Waals surface area (Å²) in [5.41, 5.74) is 0.922. The summed E-state index contributed by atoms with van der Waals surface area (Å²) in [6.07, 6.45) is 8.52. The van der Waals surface area contributed by atoms with E-state index in [1.54, 1.807) is 22.9 Å². The van der Waals surface area contributed by atoms with Gasteiger partial charge in [0.2, 0.25) is 0 Å². The van der Waals surface area contributed by atoms with Crippen molar-refractivity contribution in [2.24, 2.45) is 0 Å². The Morgan fingerprint density at radius 1 is 1.19 bits per heavy atom. The average Bonchev–Trinajstić information content (AvgIpc) is 3.19. The lowest BCUT2D eigenvalue weighted by Gasteiger charge is -2.07. The van der Waals surface area contributed by atoms with Crippen molar-refractivity contribution in [3.05, 3.63) is 40.8 Å². The molecule has 0 amide bonds. The molecule has 0 saturated heterocycles. The van der Waals surface area contributed by atoms with Crippen LogP contribution in [0.5, 0.6) is 0 Å². The molecule has 0 fully saturated rings. The third-order valence-electron chi connectivity index (χ3n) is 4.39. The zero-order chi connectivity index (χ0) is 19.4. The zero-order valence-corrected chi connectivity index (χ0v) is 17.3. The van der Waals surface area contributed by atoms with Gasteiger partial charge >= 0.3 is 0 Å². The van der Waals surface area contributed by atoms with E-state index in [1.807, 2.05) is 0 Å². The molecule has 27 heavy (non-hydrogen) atoms. The molecule has 3 aromatic rings. The molecule has 9 heteroatoms. The van der Waals surface area contributed by atoms with E-state index in [0.29, 0.717) is 22.5 Å². The maximum absolute atomic E-state index is 12.8. The van der Waals surface area contributed by atoms with Gasteiger partial charge in [0.25, 0.3) is 10.0 Å². The molecule has 0 atom stereocenters. The highest BCUT2D eigenvalue weighted by Gasteiger charge is 2.22. The Morgan fingerprint density at radius 2 is 1.96 bits per heavy atom. The molecule has 0 saturated carbocycles. The number of aryl methyl sites for hydroxylation is 1. The van der Waals surface area contributed by atoms with Gasteiger partial charge in [0, 0.05) is 28.7 Å². The summed E-state index contributed by atoms with van der Waals surface area (Å²) in [5, 5.41) is 5.59. The SMILES string of the molecule is CCCCCCCn1ncc(NS(=O)(=O)c2c[nH]c3cc(Cl)ccc23)c1Cl. The molecule has 1 aromatic carbocycles. The maximum Gasteiger partial charge on any atom is 0.264 e. The van der Waals surface area contributed by atoms with Crippen molar-refractivity contribution < 1.29 is 8.42 Å². The van der Waals surface area contributed by atoms with E-state index >= 15 is 0 Å². The Morgan fingerprint density at radius 3 is 2.74 bits per heavy atom. The van der Waals surface area contributed by atoms with Gasteiger partial charge in [-0.15, -0.1) is 0 Å². The zero-order valence-electron chi connectivity index (χ0n) is 15.0. The standard InChI is InChI=1S/C18H22Cl2N4O2S/c1-2-3-4-5-6-9-24-18(20)16(11-22-24)23-27(25,26)17-12-21-15-10-13(19)7-8-14(15)17/h7-8,10-12,21,23H,2-6,9H2,1H3. The van der Waals surface area contributed by atoms with Crippen molar-refractivity contribution in [1.82, 2.24) is 14.8 Å². The van der Waals surface area contributed by atoms with E-state index in [0.717, 1.165) is 12.8 Å². The van der Waals surface area contributed by atoms with Crippen LogP contribution in [0, 0.1) is 0 Å². The molecule has 0 radical (unpaired) electrons. The highest BCUT2D eigenvalue weighted by molar-refractivity contribution is 7.93. The second kappa shape index (κ2) is 8.54. The number of fused-ring (bicyclic) bond motifs is 1. The predicted octanol–water partition coefficient (Wildman–Crippen LogP) is 5.44. The Balaban J connectivity index is 1.74. The quantitative estimate of drug-likeness (QED) is 0.445. The summed E-state index contributed by atoms with van der Waals surface area (Å²) in [6, 6.07) is 5.00. The van der Waals surface area contributed by atoms with Crippen molar-refractivity contribution in [3.63, 3.8) is 0 Å². The van der Waals surface area contributed by atoms with E-state index < -0.39 is 10.0 Å². The van der Waals surface area contributed by atoms with Crippen LogP contribution in [-0.2, 0) is 16.6 Å². The van der Waals surface area contributed by atoms with Gasteiger partial charge in [-0.3, -0.25) is 9.40 Å². The van der Waals surface area contributed by atoms with Crippen LogP contribution < -0.4 is 4.72 Å². The number of halogens is 2. The summed E-state index contributed by atoms with van der Waals surface area (Å²) < 4.78 is 29.7. The summed E-state index contributed by atoms with van der Waals surface area (Å²) in [6.45, 7) is 2.83. The van der Waals surface area contributed by atoms with Gasteiger partial charge in [-0.05, 0) is 24.6 Å². The summed E-state index contributed by atoms with van der Waals surface area (Å²) in [4.78, 5) is 3.06. The first-order valence-electron chi connectivity index (χ1n) is 8.93. The van der Waals surface area contributed by atoms with Gasteiger partial charge in [0.15, 0.2) is 5.15 Å². The number of anilines is 1. The first-order valence-corrected chi connectivity index (χ1v) is 11.2. The van der Waals surface area contributed by atoms with Crippen LogP contribution in [0.25, 0.3) is 10.9 Å². The Bertz CT molecular complexity index is 1030. The highest BCUT2D eigenvalue weighted by Crippen LogP contribution is 2.29. The van der Waals surface area contributed by atoms with Crippen molar-refractivity contribution in [1.29, 1.82) is 0 Å². The average molecular weight is 429 g/mol. The number of unbranched alkanes of at least 4 members (excludes halogenated alkanes) is 4. The monoisotopic (exact) mass is 428 g/mol. The summed E-state index contributed by atoms with van der Waals surface area (Å²) in [7, 11) is -3.81. The molecule has 2 N–H and O–H groups in total. The van der Waals surface area contributed by atoms with Gasteiger partial charge < -0.3 is 4.98 Å². The largest absolute Gasteiger partial charge is 0.360 e. The Labute approximate surface area is 168 Å². The maximum atomic E-state index is 12.8. The lowest BCUT2D eigenvalue weighted by Crippen LogP contribution is -2.12. The van der Waals surface area contributed by atoms with E-state index in [1.165, 1.54) is 31.7 Å². The van der Waals surface area contributed by atoms with Crippen molar-refractivity contribution in [3.8, 4) is 0 Å². The highest BCUT2D eigenvalue weighted by atomic mass is 35.5. The summed E-state index contributed by atoms with van der Waals surface area (Å²) in [5.74, 6) is 0. The van der Waals surface area contributed by atoms with Gasteiger partial charge in [0.1, 0.15) is 10.6 Å². The first-order chi connectivity index (χ1) is 12.9. The fourth-order valence-corrected chi connectivity index (χ4v) is 4.64. The smallest absolute Gasteiger partial charge is 0.264 e. The normalized spacial score (nSPS) is 12.0. The molecule has 6 nitrogen and oxygen atoms in total. The molecule has 0 unspecified atom stereocenters. The fraction of sp³-hybridized carbons (Fsp3) is 0.389. The minimum atomic E-state index is -3.81. The molecular weight excluding hydrogens is 407 g/mol. The number of hydrogen-bond donors (Lipinski definition) is 2. The predicted molar refractivity (Wildman–Crippen MR) is 110 cm³/mol. The first kappa shape index (κ1) is 20.0. The molecule has 0 bridgehead atoms. The lowest BCUT2D eigenvalue weighted by molar-refractivity contribution is 0.534. The molecule has 146 valence electrons. The minimum absolute atomic E-state index is 0.137. The van der Waals surface area contributed by atoms with E-state index in [9.17, 15) is 8.42 Å². The molecule has 2 aromatic heterocycles. The van der Waals surface area contributed by atoms with Crippen LogP contribution in [0.4, 0.5) is 5.69 Å². The van der Waals surface area contributed by atoms with Gasteiger partial charge in [-0.2, -0.15) is 5.10 Å². The van der Waals surface area contributed by atoms with Crippen molar-refractivity contribution in [2.45, 2.75) is 50.5 Å². The van der Waals surface area contributed by atoms with E-state index in [4.69, 9.17) is 23.2 Å². The second-order valence-electron chi connectivity index (χ2n) is 6.43. The molecule has 0 spiro atoms. The van der Waals surface area contributed by atoms with Gasteiger partial charge in [0.05, 0.1) is 6.20 Å². The molecule has 3 rings (SSSR count). The van der Waals surface area contributed by atoms with Crippen LogP contribution in [0.1, 0.15) is 39.0 Å². The molecule has 2 heterocycles. The van der Waals surface area contributed by atoms with Gasteiger partial charge in [-0.1, -0.05) is 55.8 Å². The van der Waals surface area contributed by atoms with E-state index in [-0.39, 0.29) is 15.7 Å². The van der Waals surface area contributed by atoms with Crippen molar-refractivity contribution in [2.75, 3.05) is 4.72 Å². The minimum Gasteiger partial charge on any atom is -0.360 e. The Kier molecular flexibility index (Phi) is 6.34. The topological polar surface area (TPSA) is 79.8 Å². The third-order valence-corrected chi connectivity index (χ3v) is 6.43. The number of aromatic nitrogens is 3. The molecule has 0 aliphatic rings. The van der Waals surface area contributed by atoms with Crippen LogP contribution in [0.2, 0.25) is 10.2 Å². The van der Waals surface area contributed by atoms with Crippen LogP contribution in [0.3, 0.4) is 0 Å². The number of nitrogens with zero attached hydrogens (tertiary/aromatic N) is 2. The number of H-pyrrole nitrogens is 1. The van der Waals surface area contributed by atoms with Crippen LogP contribution >= 0.6 is 23.2 Å². The number of sulfonamides is 1. The number of aromatic amines is 1. The number of hydrogen-bond acceptors (Lipinski definition) is 3. The fourth-order valence-electron chi connectivity index (χ4n) is 2.95. The second-order valence-corrected chi connectivity index (χ2v) is 8.88. The van der Waals surface area contributed by atoms with Crippen LogP contribution in [-0.4, -0.2) is 23.2 Å².